The Balaban J connectivity index is 1.51. The molecule has 5 nitrogen and oxygen atoms in total. The highest BCUT2D eigenvalue weighted by molar-refractivity contribution is 7.11. The summed E-state index contributed by atoms with van der Waals surface area (Å²) in [6.45, 7) is 8.26. The van der Waals surface area contributed by atoms with Gasteiger partial charge >= 0.3 is 0 Å². The highest BCUT2D eigenvalue weighted by Crippen LogP contribution is 2.26. The van der Waals surface area contributed by atoms with Crippen LogP contribution in [0.1, 0.15) is 16.0 Å². The SMILES string of the molecule is Cc1ccsc1/C=C/C(=O)Nc1ccc2nc(N3CCN(C)CC3)cc(C)c2c1. The summed E-state index contributed by atoms with van der Waals surface area (Å²) in [6, 6.07) is 10.1. The van der Waals surface area contributed by atoms with E-state index < -0.39 is 0 Å². The first-order valence-corrected chi connectivity index (χ1v) is 10.8. The first kappa shape index (κ1) is 19.6. The maximum absolute atomic E-state index is 12.3. The molecule has 1 aliphatic heterocycles. The molecule has 3 heterocycles. The Kier molecular flexibility index (Phi) is 5.65. The van der Waals surface area contributed by atoms with Crippen LogP contribution in [0.4, 0.5) is 11.5 Å². The van der Waals surface area contributed by atoms with Gasteiger partial charge in [0.1, 0.15) is 5.82 Å². The van der Waals surface area contributed by atoms with Crippen LogP contribution in [0.25, 0.3) is 17.0 Å². The van der Waals surface area contributed by atoms with Gasteiger partial charge in [0.2, 0.25) is 5.91 Å². The molecule has 4 rings (SSSR count). The molecular formula is C23H26N4OS. The number of nitrogens with zero attached hydrogens (tertiary/aromatic N) is 3. The summed E-state index contributed by atoms with van der Waals surface area (Å²) in [5.74, 6) is 0.908. The molecule has 1 aliphatic rings. The molecule has 2 aromatic heterocycles. The van der Waals surface area contributed by atoms with Crippen LogP contribution in [0, 0.1) is 13.8 Å². The number of amides is 1. The van der Waals surface area contributed by atoms with Crippen molar-refractivity contribution in [2.45, 2.75) is 13.8 Å². The third-order valence-corrected chi connectivity index (χ3v) is 6.37. The third kappa shape index (κ3) is 4.49. The molecule has 0 atom stereocenters. The maximum atomic E-state index is 12.3. The van der Waals surface area contributed by atoms with E-state index in [4.69, 9.17) is 4.98 Å². The van der Waals surface area contributed by atoms with E-state index in [1.165, 1.54) is 11.1 Å². The fraction of sp³-hybridized carbons (Fsp3) is 0.304. The molecule has 150 valence electrons. The van der Waals surface area contributed by atoms with Gasteiger partial charge in [-0.15, -0.1) is 11.3 Å². The van der Waals surface area contributed by atoms with Gasteiger partial charge in [0, 0.05) is 48.2 Å². The van der Waals surface area contributed by atoms with Crippen molar-refractivity contribution < 1.29 is 4.79 Å². The van der Waals surface area contributed by atoms with Gasteiger partial charge in [-0.1, -0.05) is 0 Å². The molecule has 0 aliphatic carbocycles. The van der Waals surface area contributed by atoms with E-state index in [2.05, 4.69) is 41.2 Å². The molecule has 3 aromatic rings. The number of carbonyl (C=O) groups excluding carboxylic acids is 1. The largest absolute Gasteiger partial charge is 0.354 e. The first-order chi connectivity index (χ1) is 14.0. The zero-order valence-electron chi connectivity index (χ0n) is 17.1. The average molecular weight is 407 g/mol. The number of thiophene rings is 1. The molecule has 0 saturated carbocycles. The molecule has 1 fully saturated rings. The molecule has 1 N–H and O–H groups in total. The minimum Gasteiger partial charge on any atom is -0.354 e. The van der Waals surface area contributed by atoms with Gasteiger partial charge in [0.15, 0.2) is 0 Å². The van der Waals surface area contributed by atoms with E-state index in [-0.39, 0.29) is 5.91 Å². The van der Waals surface area contributed by atoms with E-state index in [9.17, 15) is 4.79 Å². The number of hydrogen-bond acceptors (Lipinski definition) is 5. The number of benzene rings is 1. The fourth-order valence-corrected chi connectivity index (χ4v) is 4.36. The maximum Gasteiger partial charge on any atom is 0.248 e. The van der Waals surface area contributed by atoms with E-state index in [1.54, 1.807) is 17.4 Å². The van der Waals surface area contributed by atoms with Gasteiger partial charge in [0.05, 0.1) is 5.52 Å². The second kappa shape index (κ2) is 8.35. The number of aromatic nitrogens is 1. The van der Waals surface area contributed by atoms with Crippen LogP contribution < -0.4 is 10.2 Å². The van der Waals surface area contributed by atoms with Crippen LogP contribution in [-0.2, 0) is 4.79 Å². The molecule has 0 spiro atoms. The Bertz CT molecular complexity index is 1060. The number of anilines is 2. The van der Waals surface area contributed by atoms with Crippen molar-refractivity contribution in [3.8, 4) is 0 Å². The smallest absolute Gasteiger partial charge is 0.248 e. The van der Waals surface area contributed by atoms with Crippen LogP contribution in [0.3, 0.4) is 0 Å². The second-order valence-electron chi connectivity index (χ2n) is 7.61. The summed E-state index contributed by atoms with van der Waals surface area (Å²) in [5, 5.41) is 6.06. The van der Waals surface area contributed by atoms with Crippen LogP contribution >= 0.6 is 11.3 Å². The number of rotatable bonds is 4. The number of aryl methyl sites for hydroxylation is 2. The predicted molar refractivity (Wildman–Crippen MR) is 123 cm³/mol. The van der Waals surface area contributed by atoms with E-state index in [0.717, 1.165) is 53.5 Å². The number of piperazine rings is 1. The van der Waals surface area contributed by atoms with E-state index >= 15 is 0 Å². The van der Waals surface area contributed by atoms with Crippen LogP contribution in [0.5, 0.6) is 0 Å². The van der Waals surface area contributed by atoms with Crippen LogP contribution in [-0.4, -0.2) is 49.0 Å². The summed E-state index contributed by atoms with van der Waals surface area (Å²) in [4.78, 5) is 23.0. The number of nitrogens with one attached hydrogen (secondary N) is 1. The zero-order chi connectivity index (χ0) is 20.4. The summed E-state index contributed by atoms with van der Waals surface area (Å²) in [7, 11) is 2.16. The Hall–Kier alpha value is -2.70. The van der Waals surface area contributed by atoms with Gasteiger partial charge in [-0.3, -0.25) is 4.79 Å². The van der Waals surface area contributed by atoms with Crippen LogP contribution in [0.2, 0.25) is 0 Å². The van der Waals surface area contributed by atoms with Crippen molar-refractivity contribution in [2.75, 3.05) is 43.4 Å². The molecule has 0 unspecified atom stereocenters. The Morgan fingerprint density at radius 1 is 1.10 bits per heavy atom. The average Bonchev–Trinajstić information content (AvgIpc) is 3.12. The van der Waals surface area contributed by atoms with Crippen molar-refractivity contribution >= 4 is 45.7 Å². The second-order valence-corrected chi connectivity index (χ2v) is 8.56. The van der Waals surface area contributed by atoms with Crippen molar-refractivity contribution in [3.63, 3.8) is 0 Å². The Morgan fingerprint density at radius 2 is 1.90 bits per heavy atom. The number of carbonyl (C=O) groups is 1. The quantitative estimate of drug-likeness (QED) is 0.656. The minimum absolute atomic E-state index is 0.128. The van der Waals surface area contributed by atoms with Gasteiger partial charge in [0.25, 0.3) is 0 Å². The number of pyridine rings is 1. The number of likely N-dealkylation sites (N-methyl/N-ethyl adjacent to an activating group) is 1. The molecule has 29 heavy (non-hydrogen) atoms. The lowest BCUT2D eigenvalue weighted by atomic mass is 10.1. The fourth-order valence-electron chi connectivity index (χ4n) is 3.54. The van der Waals surface area contributed by atoms with E-state index in [1.807, 2.05) is 36.6 Å². The highest BCUT2D eigenvalue weighted by atomic mass is 32.1. The molecule has 1 saturated heterocycles. The number of fused-ring (bicyclic) bond motifs is 1. The summed E-state index contributed by atoms with van der Waals surface area (Å²) >= 11 is 1.63. The lowest BCUT2D eigenvalue weighted by Crippen LogP contribution is -2.44. The lowest BCUT2D eigenvalue weighted by Gasteiger charge is -2.33. The van der Waals surface area contributed by atoms with Crippen molar-refractivity contribution in [1.82, 2.24) is 9.88 Å². The van der Waals surface area contributed by atoms with Gasteiger partial charge in [-0.2, -0.15) is 0 Å². The molecule has 1 aromatic carbocycles. The Labute approximate surface area is 175 Å². The molecule has 6 heteroatoms. The first-order valence-electron chi connectivity index (χ1n) is 9.87. The minimum atomic E-state index is -0.128. The van der Waals surface area contributed by atoms with Gasteiger partial charge < -0.3 is 15.1 Å². The van der Waals surface area contributed by atoms with Crippen molar-refractivity contribution in [1.29, 1.82) is 0 Å². The molecule has 0 radical (unpaired) electrons. The standard InChI is InChI=1S/C23H26N4OS/c1-16-8-13-29-21(16)6-7-23(28)24-18-4-5-20-19(15-18)17(2)14-22(25-20)27-11-9-26(3)10-12-27/h4-8,13-15H,9-12H2,1-3H3,(H,24,28)/b7-6+. The normalized spacial score (nSPS) is 15.3. The van der Waals surface area contributed by atoms with E-state index in [0.29, 0.717) is 0 Å². The number of hydrogen-bond donors (Lipinski definition) is 1. The third-order valence-electron chi connectivity index (χ3n) is 5.38. The molecule has 1 amide bonds. The summed E-state index contributed by atoms with van der Waals surface area (Å²) < 4.78 is 0. The molecule has 0 bridgehead atoms. The highest BCUT2D eigenvalue weighted by Gasteiger charge is 2.16. The van der Waals surface area contributed by atoms with Gasteiger partial charge in [-0.25, -0.2) is 4.98 Å². The van der Waals surface area contributed by atoms with Crippen LogP contribution in [0.15, 0.2) is 41.8 Å². The molecular weight excluding hydrogens is 380 g/mol. The summed E-state index contributed by atoms with van der Waals surface area (Å²) in [6.07, 6.45) is 3.45. The lowest BCUT2D eigenvalue weighted by molar-refractivity contribution is -0.111. The van der Waals surface area contributed by atoms with Crippen molar-refractivity contribution in [2.24, 2.45) is 0 Å². The summed E-state index contributed by atoms with van der Waals surface area (Å²) in [5.41, 5.74) is 4.10. The topological polar surface area (TPSA) is 48.5 Å². The monoisotopic (exact) mass is 406 g/mol. The predicted octanol–water partition coefficient (Wildman–Crippen LogP) is 4.32. The Morgan fingerprint density at radius 3 is 2.62 bits per heavy atom. The van der Waals surface area contributed by atoms with Crippen molar-refractivity contribution in [3.05, 3.63) is 57.8 Å². The van der Waals surface area contributed by atoms with Gasteiger partial charge in [-0.05, 0) is 73.8 Å². The zero-order valence-corrected chi connectivity index (χ0v) is 17.9.